The van der Waals surface area contributed by atoms with E-state index in [-0.39, 0.29) is 5.54 Å². The molecule has 1 unspecified atom stereocenters. The van der Waals surface area contributed by atoms with E-state index in [2.05, 4.69) is 10.1 Å². The summed E-state index contributed by atoms with van der Waals surface area (Å²) in [6, 6.07) is 0. The summed E-state index contributed by atoms with van der Waals surface area (Å²) in [6.07, 6.45) is 8.07. The number of aromatic nitrogens is 2. The maximum absolute atomic E-state index is 6.33. The minimum atomic E-state index is -0.318. The molecule has 2 fully saturated rings. The van der Waals surface area contributed by atoms with E-state index < -0.39 is 0 Å². The van der Waals surface area contributed by atoms with Crippen molar-refractivity contribution in [2.75, 3.05) is 5.75 Å². The van der Waals surface area contributed by atoms with E-state index >= 15 is 0 Å². The lowest BCUT2D eigenvalue weighted by molar-refractivity contribution is 0.344. The molecule has 0 bridgehead atoms. The van der Waals surface area contributed by atoms with Gasteiger partial charge in [-0.2, -0.15) is 4.98 Å². The first-order chi connectivity index (χ1) is 8.28. The lowest BCUT2D eigenvalue weighted by Gasteiger charge is -2.19. The molecule has 1 aromatic heterocycles. The number of thioether (sulfide) groups is 1. The van der Waals surface area contributed by atoms with Gasteiger partial charge in [0.25, 0.3) is 0 Å². The monoisotopic (exact) mass is 253 g/mol. The molecule has 0 radical (unpaired) electrons. The quantitative estimate of drug-likeness (QED) is 0.878. The van der Waals surface area contributed by atoms with Gasteiger partial charge in [0, 0.05) is 0 Å². The van der Waals surface area contributed by atoms with Gasteiger partial charge in [-0.1, -0.05) is 24.4 Å². The Bertz CT molecular complexity index is 381. The molecule has 3 rings (SSSR count). The Balaban J connectivity index is 1.77. The summed E-state index contributed by atoms with van der Waals surface area (Å²) in [4.78, 5) is 4.56. The van der Waals surface area contributed by atoms with Gasteiger partial charge in [0.1, 0.15) is 0 Å². The summed E-state index contributed by atoms with van der Waals surface area (Å²) in [5.41, 5.74) is 6.01. The van der Waals surface area contributed by atoms with Crippen molar-refractivity contribution in [1.82, 2.24) is 10.1 Å². The molecule has 94 valence electrons. The van der Waals surface area contributed by atoms with Crippen LogP contribution >= 0.6 is 11.8 Å². The first-order valence-corrected chi connectivity index (χ1v) is 7.57. The lowest BCUT2D eigenvalue weighted by atomic mass is 9.99. The summed E-state index contributed by atoms with van der Waals surface area (Å²) < 4.78 is 5.42. The first kappa shape index (κ1) is 11.5. The van der Waals surface area contributed by atoms with Crippen molar-refractivity contribution < 1.29 is 4.52 Å². The number of rotatable bonds is 2. The zero-order valence-electron chi connectivity index (χ0n) is 10.0. The van der Waals surface area contributed by atoms with Crippen molar-refractivity contribution >= 4 is 11.8 Å². The van der Waals surface area contributed by atoms with Gasteiger partial charge >= 0.3 is 0 Å². The summed E-state index contributed by atoms with van der Waals surface area (Å²) >= 11 is 1.93. The fourth-order valence-electron chi connectivity index (χ4n) is 2.73. The van der Waals surface area contributed by atoms with Gasteiger partial charge in [0.05, 0.1) is 10.8 Å². The van der Waals surface area contributed by atoms with Crippen LogP contribution in [0, 0.1) is 0 Å². The molecule has 17 heavy (non-hydrogen) atoms. The molecule has 0 aromatic carbocycles. The maximum atomic E-state index is 6.33. The van der Waals surface area contributed by atoms with Crippen LogP contribution < -0.4 is 5.73 Å². The zero-order valence-corrected chi connectivity index (χ0v) is 10.8. The fourth-order valence-corrected chi connectivity index (χ4v) is 3.96. The summed E-state index contributed by atoms with van der Waals surface area (Å²) in [6.45, 7) is 0. The summed E-state index contributed by atoms with van der Waals surface area (Å²) in [5, 5.41) is 4.52. The van der Waals surface area contributed by atoms with E-state index in [9.17, 15) is 0 Å². The normalized spacial score (nSPS) is 28.4. The summed E-state index contributed by atoms with van der Waals surface area (Å²) in [7, 11) is 0. The van der Waals surface area contributed by atoms with Crippen LogP contribution in [-0.4, -0.2) is 15.9 Å². The van der Waals surface area contributed by atoms with Gasteiger partial charge in [-0.3, -0.25) is 0 Å². The predicted octanol–water partition coefficient (Wildman–Crippen LogP) is 2.76. The Labute approximate surface area is 106 Å². The van der Waals surface area contributed by atoms with Gasteiger partial charge in [-0.25, -0.2) is 0 Å². The molecule has 1 aliphatic heterocycles. The van der Waals surface area contributed by atoms with Gasteiger partial charge in [-0.15, -0.1) is 11.8 Å². The van der Waals surface area contributed by atoms with Crippen molar-refractivity contribution in [3.63, 3.8) is 0 Å². The Hall–Kier alpha value is -0.550. The standard InChI is InChI=1S/C12H19N3OS/c13-12(6-2-3-7-12)11-14-10(16-15-11)9-5-1-4-8-17-9/h9H,1-8,13H2. The Morgan fingerprint density at radius 2 is 2.06 bits per heavy atom. The predicted molar refractivity (Wildman–Crippen MR) is 67.7 cm³/mol. The van der Waals surface area contributed by atoms with E-state index in [1.54, 1.807) is 0 Å². The highest BCUT2D eigenvalue weighted by molar-refractivity contribution is 7.99. The molecule has 0 spiro atoms. The second-order valence-electron chi connectivity index (χ2n) is 5.17. The van der Waals surface area contributed by atoms with Crippen molar-refractivity contribution in [2.45, 2.75) is 55.7 Å². The fraction of sp³-hybridized carbons (Fsp3) is 0.833. The number of hydrogen-bond acceptors (Lipinski definition) is 5. The topological polar surface area (TPSA) is 64.9 Å². The molecule has 1 aromatic rings. The molecule has 1 saturated carbocycles. The third-order valence-electron chi connectivity index (χ3n) is 3.84. The number of nitrogens with two attached hydrogens (primary N) is 1. The average molecular weight is 253 g/mol. The number of hydrogen-bond donors (Lipinski definition) is 1. The highest BCUT2D eigenvalue weighted by Gasteiger charge is 2.36. The molecule has 5 heteroatoms. The van der Waals surface area contributed by atoms with E-state index in [1.165, 1.54) is 31.4 Å². The van der Waals surface area contributed by atoms with Crippen molar-refractivity contribution in [3.8, 4) is 0 Å². The third kappa shape index (κ3) is 2.22. The van der Waals surface area contributed by atoms with Crippen LogP contribution in [0.15, 0.2) is 4.52 Å². The Morgan fingerprint density at radius 3 is 2.76 bits per heavy atom. The molecule has 1 saturated heterocycles. The second-order valence-corrected chi connectivity index (χ2v) is 6.49. The molecule has 4 nitrogen and oxygen atoms in total. The smallest absolute Gasteiger partial charge is 0.239 e. The second kappa shape index (κ2) is 4.61. The van der Waals surface area contributed by atoms with E-state index in [0.717, 1.165) is 31.0 Å². The van der Waals surface area contributed by atoms with E-state index in [4.69, 9.17) is 10.3 Å². The zero-order chi connectivity index (χ0) is 11.7. The molecule has 2 N–H and O–H groups in total. The third-order valence-corrected chi connectivity index (χ3v) is 5.20. The van der Waals surface area contributed by atoms with Crippen molar-refractivity contribution in [3.05, 3.63) is 11.7 Å². The van der Waals surface area contributed by atoms with Crippen LogP contribution in [0.2, 0.25) is 0 Å². The van der Waals surface area contributed by atoms with Crippen LogP contribution in [0.1, 0.15) is 61.9 Å². The van der Waals surface area contributed by atoms with Crippen molar-refractivity contribution in [1.29, 1.82) is 0 Å². The molecule has 2 heterocycles. The van der Waals surface area contributed by atoms with Gasteiger partial charge in [0.15, 0.2) is 5.82 Å². The minimum Gasteiger partial charge on any atom is -0.338 e. The van der Waals surface area contributed by atoms with Crippen molar-refractivity contribution in [2.24, 2.45) is 5.73 Å². The molecule has 0 amide bonds. The number of nitrogens with zero attached hydrogens (tertiary/aromatic N) is 2. The van der Waals surface area contributed by atoms with Crippen LogP contribution in [0.5, 0.6) is 0 Å². The van der Waals surface area contributed by atoms with E-state index in [1.807, 2.05) is 11.8 Å². The highest BCUT2D eigenvalue weighted by atomic mass is 32.2. The molecule has 1 atom stereocenters. The van der Waals surface area contributed by atoms with Crippen LogP contribution in [0.3, 0.4) is 0 Å². The molecular weight excluding hydrogens is 234 g/mol. The maximum Gasteiger partial charge on any atom is 0.239 e. The Morgan fingerprint density at radius 1 is 1.24 bits per heavy atom. The molecule has 1 aliphatic carbocycles. The molecule has 2 aliphatic rings. The minimum absolute atomic E-state index is 0.318. The lowest BCUT2D eigenvalue weighted by Crippen LogP contribution is -2.34. The van der Waals surface area contributed by atoms with Gasteiger partial charge < -0.3 is 10.3 Å². The largest absolute Gasteiger partial charge is 0.338 e. The van der Waals surface area contributed by atoms with Gasteiger partial charge in [-0.05, 0) is 31.4 Å². The summed E-state index contributed by atoms with van der Waals surface area (Å²) in [5.74, 6) is 2.73. The SMILES string of the molecule is NC1(c2noc(C3CCCCS3)n2)CCCC1. The van der Waals surface area contributed by atoms with Crippen LogP contribution in [0.25, 0.3) is 0 Å². The van der Waals surface area contributed by atoms with Crippen LogP contribution in [-0.2, 0) is 5.54 Å². The highest BCUT2D eigenvalue weighted by Crippen LogP contribution is 2.39. The first-order valence-electron chi connectivity index (χ1n) is 6.52. The average Bonchev–Trinajstić information content (AvgIpc) is 2.99. The van der Waals surface area contributed by atoms with Gasteiger partial charge in [0.2, 0.25) is 5.89 Å². The Kier molecular flexibility index (Phi) is 3.13. The van der Waals surface area contributed by atoms with Crippen LogP contribution in [0.4, 0.5) is 0 Å². The molecular formula is C12H19N3OS. The van der Waals surface area contributed by atoms with E-state index in [0.29, 0.717) is 5.25 Å².